The van der Waals surface area contributed by atoms with Crippen LogP contribution in [0.15, 0.2) is 18.2 Å². The van der Waals surface area contributed by atoms with Gasteiger partial charge in [0.2, 0.25) is 0 Å². The third-order valence-corrected chi connectivity index (χ3v) is 2.59. The van der Waals surface area contributed by atoms with Crippen LogP contribution in [0.25, 0.3) is 0 Å². The van der Waals surface area contributed by atoms with Gasteiger partial charge in [0.1, 0.15) is 0 Å². The van der Waals surface area contributed by atoms with Gasteiger partial charge in [-0.15, -0.1) is 0 Å². The van der Waals surface area contributed by atoms with E-state index in [4.69, 9.17) is 15.3 Å². The molecule has 0 aliphatic rings. The van der Waals surface area contributed by atoms with Gasteiger partial charge in [-0.05, 0) is 24.1 Å². The van der Waals surface area contributed by atoms with E-state index in [9.17, 15) is 4.79 Å². The van der Waals surface area contributed by atoms with Crippen LogP contribution < -0.4 is 11.3 Å². The maximum atomic E-state index is 11.5. The van der Waals surface area contributed by atoms with Gasteiger partial charge in [-0.1, -0.05) is 13.0 Å². The number of benzene rings is 1. The van der Waals surface area contributed by atoms with E-state index in [1.54, 1.807) is 26.4 Å². The lowest BCUT2D eigenvalue weighted by atomic mass is 10.0. The van der Waals surface area contributed by atoms with Crippen molar-refractivity contribution in [1.82, 2.24) is 5.43 Å². The quantitative estimate of drug-likeness (QED) is 0.349. The minimum absolute atomic E-state index is 0.292. The number of amides is 1. The highest BCUT2D eigenvalue weighted by molar-refractivity contribution is 5.95. The normalized spacial score (nSPS) is 10.6. The van der Waals surface area contributed by atoms with Gasteiger partial charge in [-0.25, -0.2) is 5.84 Å². The predicted octanol–water partition coefficient (Wildman–Crippen LogP) is 1.14. The third kappa shape index (κ3) is 3.03. The monoisotopic (exact) mass is 238 g/mol. The summed E-state index contributed by atoms with van der Waals surface area (Å²) in [6.45, 7) is 1.97. The third-order valence-electron chi connectivity index (χ3n) is 2.59. The van der Waals surface area contributed by atoms with Crippen molar-refractivity contribution in [1.29, 1.82) is 0 Å². The van der Waals surface area contributed by atoms with Gasteiger partial charge in [0, 0.05) is 25.3 Å². The van der Waals surface area contributed by atoms with Crippen LogP contribution in [-0.4, -0.2) is 20.1 Å². The molecule has 0 unspecified atom stereocenters. The second-order valence-electron chi connectivity index (χ2n) is 3.55. The van der Waals surface area contributed by atoms with E-state index in [-0.39, 0.29) is 5.91 Å². The van der Waals surface area contributed by atoms with E-state index < -0.39 is 6.29 Å². The van der Waals surface area contributed by atoms with Gasteiger partial charge in [-0.3, -0.25) is 10.2 Å². The molecule has 3 N–H and O–H groups in total. The molecule has 0 saturated heterocycles. The first-order chi connectivity index (χ1) is 8.17. The van der Waals surface area contributed by atoms with Crippen LogP contribution in [0.3, 0.4) is 0 Å². The van der Waals surface area contributed by atoms with Gasteiger partial charge < -0.3 is 9.47 Å². The maximum Gasteiger partial charge on any atom is 0.265 e. The molecule has 0 heterocycles. The second kappa shape index (κ2) is 6.34. The molecule has 0 bridgehead atoms. The van der Waals surface area contributed by atoms with Gasteiger partial charge >= 0.3 is 0 Å². The van der Waals surface area contributed by atoms with E-state index in [1.807, 2.05) is 13.0 Å². The van der Waals surface area contributed by atoms with Crippen molar-refractivity contribution in [3.8, 4) is 0 Å². The molecule has 0 aliphatic heterocycles. The number of nitrogens with two attached hydrogens (primary N) is 1. The zero-order valence-electron chi connectivity index (χ0n) is 10.3. The molecule has 0 atom stereocenters. The van der Waals surface area contributed by atoms with Gasteiger partial charge in [-0.2, -0.15) is 0 Å². The Morgan fingerprint density at radius 1 is 1.41 bits per heavy atom. The van der Waals surface area contributed by atoms with Crippen LogP contribution in [0.1, 0.15) is 34.7 Å². The zero-order valence-corrected chi connectivity index (χ0v) is 10.3. The lowest BCUT2D eigenvalue weighted by Crippen LogP contribution is -2.30. The molecule has 0 fully saturated rings. The topological polar surface area (TPSA) is 73.6 Å². The van der Waals surface area contributed by atoms with Crippen LogP contribution in [0, 0.1) is 0 Å². The maximum absolute atomic E-state index is 11.5. The largest absolute Gasteiger partial charge is 0.352 e. The lowest BCUT2D eigenvalue weighted by molar-refractivity contribution is -0.106. The standard InChI is InChI=1S/C12H18N2O3/c1-4-8-7-9(12(16-2)17-3)5-6-10(8)11(15)14-13/h5-7,12H,4,13H2,1-3H3,(H,14,15). The van der Waals surface area contributed by atoms with E-state index >= 15 is 0 Å². The Morgan fingerprint density at radius 3 is 2.53 bits per heavy atom. The van der Waals surface area contributed by atoms with Crippen LogP contribution >= 0.6 is 0 Å². The zero-order chi connectivity index (χ0) is 12.8. The Hall–Kier alpha value is -1.43. The number of carbonyl (C=O) groups is 1. The SMILES string of the molecule is CCc1cc(C(OC)OC)ccc1C(=O)NN. The number of hydrogen-bond acceptors (Lipinski definition) is 4. The minimum Gasteiger partial charge on any atom is -0.352 e. The fourth-order valence-electron chi connectivity index (χ4n) is 1.72. The molecule has 1 amide bonds. The first-order valence-corrected chi connectivity index (χ1v) is 5.37. The molecular weight excluding hydrogens is 220 g/mol. The molecule has 1 aromatic rings. The summed E-state index contributed by atoms with van der Waals surface area (Å²) in [6, 6.07) is 5.41. The minimum atomic E-state index is -0.421. The van der Waals surface area contributed by atoms with E-state index in [0.717, 1.165) is 17.5 Å². The molecule has 0 radical (unpaired) electrons. The molecular formula is C12H18N2O3. The number of hydrazine groups is 1. The first kappa shape index (κ1) is 13.6. The molecule has 94 valence electrons. The van der Waals surface area contributed by atoms with Crippen LogP contribution in [0.2, 0.25) is 0 Å². The van der Waals surface area contributed by atoms with Crippen LogP contribution in [-0.2, 0) is 15.9 Å². The number of aryl methyl sites for hydroxylation is 1. The van der Waals surface area contributed by atoms with Crippen molar-refractivity contribution < 1.29 is 14.3 Å². The number of nitrogens with one attached hydrogen (secondary N) is 1. The molecule has 5 nitrogen and oxygen atoms in total. The number of methoxy groups -OCH3 is 2. The Kier molecular flexibility index (Phi) is 5.09. The highest BCUT2D eigenvalue weighted by Gasteiger charge is 2.14. The van der Waals surface area contributed by atoms with Crippen molar-refractivity contribution in [2.24, 2.45) is 5.84 Å². The lowest BCUT2D eigenvalue weighted by Gasteiger charge is -2.16. The van der Waals surface area contributed by atoms with Crippen LogP contribution in [0.4, 0.5) is 0 Å². The Balaban J connectivity index is 3.12. The van der Waals surface area contributed by atoms with Crippen molar-refractivity contribution in [2.45, 2.75) is 19.6 Å². The Bertz CT molecular complexity index is 389. The number of ether oxygens (including phenoxy) is 2. The van der Waals surface area contributed by atoms with Crippen molar-refractivity contribution in [3.63, 3.8) is 0 Å². The van der Waals surface area contributed by atoms with Crippen LogP contribution in [0.5, 0.6) is 0 Å². The van der Waals surface area contributed by atoms with Crippen molar-refractivity contribution in [2.75, 3.05) is 14.2 Å². The number of carbonyl (C=O) groups excluding carboxylic acids is 1. The average molecular weight is 238 g/mol. The van der Waals surface area contributed by atoms with Crippen molar-refractivity contribution >= 4 is 5.91 Å². The molecule has 1 aromatic carbocycles. The van der Waals surface area contributed by atoms with Gasteiger partial charge in [0.25, 0.3) is 5.91 Å². The molecule has 1 rings (SSSR count). The smallest absolute Gasteiger partial charge is 0.265 e. The Morgan fingerprint density at radius 2 is 2.06 bits per heavy atom. The fourth-order valence-corrected chi connectivity index (χ4v) is 1.72. The van der Waals surface area contributed by atoms with E-state index in [0.29, 0.717) is 5.56 Å². The summed E-state index contributed by atoms with van der Waals surface area (Å²) in [7, 11) is 3.14. The molecule has 0 aliphatic carbocycles. The summed E-state index contributed by atoms with van der Waals surface area (Å²) < 4.78 is 10.3. The molecule has 0 spiro atoms. The van der Waals surface area contributed by atoms with Gasteiger partial charge in [0.15, 0.2) is 6.29 Å². The summed E-state index contributed by atoms with van der Waals surface area (Å²) in [5.41, 5.74) is 4.49. The second-order valence-corrected chi connectivity index (χ2v) is 3.55. The summed E-state index contributed by atoms with van der Waals surface area (Å²) >= 11 is 0. The van der Waals surface area contributed by atoms with E-state index in [1.165, 1.54) is 0 Å². The average Bonchev–Trinajstić information content (AvgIpc) is 2.39. The first-order valence-electron chi connectivity index (χ1n) is 5.37. The summed E-state index contributed by atoms with van der Waals surface area (Å²) in [4.78, 5) is 11.5. The Labute approximate surface area is 101 Å². The number of hydrogen-bond donors (Lipinski definition) is 2. The highest BCUT2D eigenvalue weighted by atomic mass is 16.7. The molecule has 0 aromatic heterocycles. The predicted molar refractivity (Wildman–Crippen MR) is 64.2 cm³/mol. The summed E-state index contributed by atoms with van der Waals surface area (Å²) in [5.74, 6) is 4.84. The summed E-state index contributed by atoms with van der Waals surface area (Å²) in [5, 5.41) is 0. The number of rotatable bonds is 5. The van der Waals surface area contributed by atoms with Gasteiger partial charge in [0.05, 0.1) is 0 Å². The molecule has 17 heavy (non-hydrogen) atoms. The van der Waals surface area contributed by atoms with Crippen molar-refractivity contribution in [3.05, 3.63) is 34.9 Å². The number of nitrogen functional groups attached to an aromatic ring is 1. The van der Waals surface area contributed by atoms with E-state index in [2.05, 4.69) is 5.43 Å². The highest BCUT2D eigenvalue weighted by Crippen LogP contribution is 2.21. The molecule has 0 saturated carbocycles. The molecule has 5 heteroatoms. The summed E-state index contributed by atoms with van der Waals surface area (Å²) in [6.07, 6.45) is 0.312. The fraction of sp³-hybridized carbons (Fsp3) is 0.417.